The zero-order valence-electron chi connectivity index (χ0n) is 17.3. The quantitative estimate of drug-likeness (QED) is 0.761. The maximum absolute atomic E-state index is 12.7. The molecular weight excluding hydrogens is 414 g/mol. The van der Waals surface area contributed by atoms with E-state index in [9.17, 15) is 14.4 Å². The van der Waals surface area contributed by atoms with Gasteiger partial charge in [-0.15, -0.1) is 0 Å². The minimum atomic E-state index is -0.857. The molecule has 3 heterocycles. The molecule has 166 valence electrons. The number of carbonyl (C=O) groups is 3. The predicted octanol–water partition coefficient (Wildman–Crippen LogP) is 2.38. The van der Waals surface area contributed by atoms with Crippen molar-refractivity contribution >= 4 is 29.1 Å². The van der Waals surface area contributed by atoms with E-state index in [0.717, 1.165) is 0 Å². The summed E-state index contributed by atoms with van der Waals surface area (Å²) in [5.74, 6) is 1.08. The fraction of sp³-hybridized carbons (Fsp3) is 0.348. The minimum absolute atomic E-state index is 0.0335. The summed E-state index contributed by atoms with van der Waals surface area (Å²) in [5, 5.41) is 5.69. The molecule has 1 saturated heterocycles. The molecule has 0 bridgehead atoms. The second-order valence-corrected chi connectivity index (χ2v) is 8.01. The van der Waals surface area contributed by atoms with Gasteiger partial charge in [0.2, 0.25) is 18.6 Å². The third-order valence-electron chi connectivity index (χ3n) is 5.93. The van der Waals surface area contributed by atoms with Gasteiger partial charge in [-0.1, -0.05) is 12.1 Å². The van der Waals surface area contributed by atoms with Gasteiger partial charge in [-0.3, -0.25) is 14.4 Å². The van der Waals surface area contributed by atoms with Gasteiger partial charge in [-0.2, -0.15) is 0 Å². The Bertz CT molecular complexity index is 1060. The number of piperidine rings is 1. The SMILES string of the molecule is O=C(Nc1ccc2c(c1)OCO2)C1CCN(C(=O)CC2Oc3ccccc3NC2=O)CC1. The molecule has 1 atom stereocenters. The van der Waals surface area contributed by atoms with Crippen LogP contribution in [0.15, 0.2) is 42.5 Å². The molecule has 0 spiro atoms. The van der Waals surface area contributed by atoms with E-state index < -0.39 is 6.10 Å². The Hall–Kier alpha value is -3.75. The Morgan fingerprint density at radius 1 is 1.03 bits per heavy atom. The molecule has 2 aromatic carbocycles. The Labute approximate surface area is 184 Å². The number of rotatable bonds is 4. The van der Waals surface area contributed by atoms with Crippen molar-refractivity contribution in [3.05, 3.63) is 42.5 Å². The fourth-order valence-electron chi connectivity index (χ4n) is 4.12. The third-order valence-corrected chi connectivity index (χ3v) is 5.93. The summed E-state index contributed by atoms with van der Waals surface area (Å²) in [6.07, 6.45) is 0.226. The standard InChI is InChI=1S/C23H23N3O6/c27-21(12-20-23(29)25-16-3-1-2-4-17(16)32-20)26-9-7-14(8-10-26)22(28)24-15-5-6-18-19(11-15)31-13-30-18/h1-6,11,14,20H,7-10,12-13H2,(H,24,28)(H,25,29). The summed E-state index contributed by atoms with van der Waals surface area (Å²) in [6, 6.07) is 12.4. The van der Waals surface area contributed by atoms with Crippen LogP contribution in [0.1, 0.15) is 19.3 Å². The number of amides is 3. The third kappa shape index (κ3) is 4.05. The first-order valence-corrected chi connectivity index (χ1v) is 10.6. The van der Waals surface area contributed by atoms with Crippen LogP contribution in [-0.2, 0) is 14.4 Å². The summed E-state index contributed by atoms with van der Waals surface area (Å²) in [6.45, 7) is 1.10. The van der Waals surface area contributed by atoms with E-state index in [-0.39, 0.29) is 36.9 Å². The Morgan fingerprint density at radius 2 is 1.81 bits per heavy atom. The maximum atomic E-state index is 12.7. The van der Waals surface area contributed by atoms with Crippen LogP contribution in [0.3, 0.4) is 0 Å². The molecule has 3 aliphatic heterocycles. The lowest BCUT2D eigenvalue weighted by molar-refractivity contribution is -0.139. The lowest BCUT2D eigenvalue weighted by Gasteiger charge is -2.33. The molecule has 0 aliphatic carbocycles. The van der Waals surface area contributed by atoms with Crippen LogP contribution in [0.25, 0.3) is 0 Å². The zero-order chi connectivity index (χ0) is 22.1. The van der Waals surface area contributed by atoms with E-state index in [1.807, 2.05) is 6.07 Å². The lowest BCUT2D eigenvalue weighted by Crippen LogP contribution is -2.45. The average molecular weight is 437 g/mol. The number of likely N-dealkylation sites (tertiary alicyclic amines) is 1. The molecule has 2 aromatic rings. The van der Waals surface area contributed by atoms with E-state index >= 15 is 0 Å². The Morgan fingerprint density at radius 3 is 2.66 bits per heavy atom. The second kappa shape index (κ2) is 8.41. The van der Waals surface area contributed by atoms with E-state index in [4.69, 9.17) is 14.2 Å². The second-order valence-electron chi connectivity index (χ2n) is 8.01. The molecule has 9 heteroatoms. The summed E-state index contributed by atoms with van der Waals surface area (Å²) in [4.78, 5) is 39.4. The van der Waals surface area contributed by atoms with Gasteiger partial charge in [0.15, 0.2) is 17.6 Å². The molecule has 0 saturated carbocycles. The fourth-order valence-corrected chi connectivity index (χ4v) is 4.12. The molecule has 2 N–H and O–H groups in total. The van der Waals surface area contributed by atoms with Crippen molar-refractivity contribution in [1.29, 1.82) is 0 Å². The number of hydrogen-bond donors (Lipinski definition) is 2. The topological polar surface area (TPSA) is 106 Å². The Balaban J connectivity index is 1.12. The normalized spacial score (nSPS) is 19.6. The molecule has 32 heavy (non-hydrogen) atoms. The highest BCUT2D eigenvalue weighted by Gasteiger charge is 2.33. The summed E-state index contributed by atoms with van der Waals surface area (Å²) >= 11 is 0. The van der Waals surface area contributed by atoms with Gasteiger partial charge in [-0.25, -0.2) is 0 Å². The van der Waals surface area contributed by atoms with Crippen LogP contribution in [0.2, 0.25) is 0 Å². The van der Waals surface area contributed by atoms with Crippen LogP contribution < -0.4 is 24.8 Å². The summed E-state index contributed by atoms with van der Waals surface area (Å²) in [7, 11) is 0. The molecule has 9 nitrogen and oxygen atoms in total. The van der Waals surface area contributed by atoms with Crippen LogP contribution in [0.5, 0.6) is 17.2 Å². The first-order valence-electron chi connectivity index (χ1n) is 10.6. The highest BCUT2D eigenvalue weighted by molar-refractivity contribution is 6.00. The number of nitrogens with one attached hydrogen (secondary N) is 2. The van der Waals surface area contributed by atoms with Crippen molar-refractivity contribution < 1.29 is 28.6 Å². The van der Waals surface area contributed by atoms with Gasteiger partial charge >= 0.3 is 0 Å². The van der Waals surface area contributed by atoms with Gasteiger partial charge in [0, 0.05) is 30.8 Å². The highest BCUT2D eigenvalue weighted by atomic mass is 16.7. The lowest BCUT2D eigenvalue weighted by atomic mass is 9.95. The van der Waals surface area contributed by atoms with Gasteiger partial charge in [0.1, 0.15) is 5.75 Å². The van der Waals surface area contributed by atoms with E-state index in [1.165, 1.54) is 0 Å². The van der Waals surface area contributed by atoms with Crippen molar-refractivity contribution in [3.63, 3.8) is 0 Å². The average Bonchev–Trinajstić information content (AvgIpc) is 3.27. The monoisotopic (exact) mass is 437 g/mol. The zero-order valence-corrected chi connectivity index (χ0v) is 17.3. The number of fused-ring (bicyclic) bond motifs is 2. The molecule has 3 amide bonds. The molecular formula is C23H23N3O6. The van der Waals surface area contributed by atoms with Crippen LogP contribution in [0, 0.1) is 5.92 Å². The number of para-hydroxylation sites is 2. The first kappa shape index (κ1) is 20.2. The van der Waals surface area contributed by atoms with Crippen molar-refractivity contribution in [1.82, 2.24) is 4.90 Å². The minimum Gasteiger partial charge on any atom is -0.478 e. The van der Waals surface area contributed by atoms with Gasteiger partial charge in [-0.05, 0) is 37.1 Å². The largest absolute Gasteiger partial charge is 0.478 e. The maximum Gasteiger partial charge on any atom is 0.266 e. The van der Waals surface area contributed by atoms with Crippen molar-refractivity contribution in [2.75, 3.05) is 30.5 Å². The number of carbonyl (C=O) groups excluding carboxylic acids is 3. The predicted molar refractivity (Wildman–Crippen MR) is 115 cm³/mol. The summed E-state index contributed by atoms with van der Waals surface area (Å²) < 4.78 is 16.3. The van der Waals surface area contributed by atoms with Crippen LogP contribution in [0.4, 0.5) is 11.4 Å². The van der Waals surface area contributed by atoms with Gasteiger partial charge in [0.05, 0.1) is 12.1 Å². The van der Waals surface area contributed by atoms with E-state index in [2.05, 4.69) is 10.6 Å². The van der Waals surface area contributed by atoms with Crippen LogP contribution >= 0.6 is 0 Å². The van der Waals surface area contributed by atoms with Crippen molar-refractivity contribution in [3.8, 4) is 17.2 Å². The number of nitrogens with zero attached hydrogens (tertiary/aromatic N) is 1. The molecule has 1 unspecified atom stereocenters. The van der Waals surface area contributed by atoms with E-state index in [0.29, 0.717) is 54.6 Å². The van der Waals surface area contributed by atoms with Crippen LogP contribution in [-0.4, -0.2) is 48.6 Å². The Kier molecular flexibility index (Phi) is 5.30. The molecule has 3 aliphatic rings. The van der Waals surface area contributed by atoms with E-state index in [1.54, 1.807) is 41.3 Å². The molecule has 0 radical (unpaired) electrons. The van der Waals surface area contributed by atoms with Gasteiger partial charge in [0.25, 0.3) is 5.91 Å². The van der Waals surface area contributed by atoms with Crippen molar-refractivity contribution in [2.45, 2.75) is 25.4 Å². The molecule has 0 aromatic heterocycles. The molecule has 5 rings (SSSR count). The smallest absolute Gasteiger partial charge is 0.266 e. The first-order chi connectivity index (χ1) is 15.6. The molecule has 1 fully saturated rings. The number of anilines is 2. The highest BCUT2D eigenvalue weighted by Crippen LogP contribution is 2.34. The number of hydrogen-bond acceptors (Lipinski definition) is 6. The summed E-state index contributed by atoms with van der Waals surface area (Å²) in [5.41, 5.74) is 1.26. The van der Waals surface area contributed by atoms with Crippen molar-refractivity contribution in [2.24, 2.45) is 5.92 Å². The number of ether oxygens (including phenoxy) is 3. The van der Waals surface area contributed by atoms with Gasteiger partial charge < -0.3 is 29.7 Å². The number of benzene rings is 2.